The summed E-state index contributed by atoms with van der Waals surface area (Å²) in [6, 6.07) is 7.37. The summed E-state index contributed by atoms with van der Waals surface area (Å²) in [6.45, 7) is 16.1. The van der Waals surface area contributed by atoms with Gasteiger partial charge in [0.05, 0.1) is 26.0 Å². The second-order valence-electron chi connectivity index (χ2n) is 10.9. The molecule has 198 valence electrons. The number of ether oxygens (including phenoxy) is 1. The van der Waals surface area contributed by atoms with Crippen LogP contribution in [0.25, 0.3) is 10.9 Å². The van der Waals surface area contributed by atoms with E-state index in [9.17, 15) is 4.79 Å². The van der Waals surface area contributed by atoms with E-state index in [2.05, 4.69) is 47.0 Å². The third-order valence-corrected chi connectivity index (χ3v) is 8.62. The fourth-order valence-electron chi connectivity index (χ4n) is 6.68. The van der Waals surface area contributed by atoms with Crippen LogP contribution in [0.15, 0.2) is 30.9 Å². The summed E-state index contributed by atoms with van der Waals surface area (Å²) in [5.74, 6) is 0.402. The molecule has 8 heteroatoms. The predicted molar refractivity (Wildman–Crippen MR) is 141 cm³/mol. The topological polar surface area (TPSA) is 60.6 Å². The van der Waals surface area contributed by atoms with Gasteiger partial charge in [-0.25, -0.2) is 4.79 Å². The summed E-state index contributed by atoms with van der Waals surface area (Å²) in [7, 11) is 2.36. The van der Waals surface area contributed by atoms with Crippen LogP contribution in [0, 0.1) is 0 Å². The van der Waals surface area contributed by atoms with Crippen LogP contribution in [0.2, 0.25) is 0 Å². The molecule has 2 amide bonds. The summed E-state index contributed by atoms with van der Waals surface area (Å²) in [5, 5.41) is 4.78. The molecular weight excluding hydrogens is 565 g/mol. The summed E-state index contributed by atoms with van der Waals surface area (Å²) in [5.41, 5.74) is 5.60. The lowest BCUT2D eigenvalue weighted by Crippen LogP contribution is -3.00. The minimum atomic E-state index is 0. The van der Waals surface area contributed by atoms with Gasteiger partial charge in [0.1, 0.15) is 19.6 Å². The second kappa shape index (κ2) is 11.4. The maximum atomic E-state index is 12.9. The van der Waals surface area contributed by atoms with E-state index >= 15 is 0 Å². The Morgan fingerprint density at radius 2 is 2.06 bits per heavy atom. The van der Waals surface area contributed by atoms with Crippen molar-refractivity contribution in [3.8, 4) is 0 Å². The number of urea groups is 1. The molecule has 0 unspecified atom stereocenters. The molecule has 2 N–H and O–H groups in total. The molecule has 2 aliphatic heterocycles. The molecule has 3 heterocycles. The maximum Gasteiger partial charge on any atom is 0.317 e. The fraction of sp³-hybridized carbons (Fsp3) is 0.607. The standard InChI is InChI=1S/C28H41N5O2.HI/c1-5-11-32-18-20(29-28(34)31(6-2)7-3)16-22-21-9-8-10-24-27(21)23(17-26(22)32)25(30-24)19-33(4)12-14-35-15-13-33;/h5,8-10,20,22,26,30H,1,6-7,11-19H2,2-4H3;1H/t20-,22+,26+;/m0./s1. The first-order valence-corrected chi connectivity index (χ1v) is 13.4. The third-order valence-electron chi connectivity index (χ3n) is 8.62. The number of hydrogen-bond acceptors (Lipinski definition) is 3. The molecule has 0 bridgehead atoms. The zero-order chi connectivity index (χ0) is 24.6. The number of aromatic amines is 1. The number of halogens is 1. The number of carbonyl (C=O) groups excluding carboxylic acids is 1. The van der Waals surface area contributed by atoms with E-state index in [1.54, 1.807) is 0 Å². The molecule has 0 radical (unpaired) electrons. The van der Waals surface area contributed by atoms with Crippen molar-refractivity contribution in [1.82, 2.24) is 20.1 Å². The van der Waals surface area contributed by atoms with Crippen molar-refractivity contribution < 1.29 is 38.0 Å². The van der Waals surface area contributed by atoms with Gasteiger partial charge in [-0.05, 0) is 43.9 Å². The number of nitrogens with zero attached hydrogens (tertiary/aromatic N) is 3. The number of nitrogens with one attached hydrogen (secondary N) is 2. The quantitative estimate of drug-likeness (QED) is 0.274. The van der Waals surface area contributed by atoms with Crippen molar-refractivity contribution >= 4 is 16.9 Å². The zero-order valence-electron chi connectivity index (χ0n) is 22.1. The van der Waals surface area contributed by atoms with E-state index in [1.165, 1.54) is 27.7 Å². The highest BCUT2D eigenvalue weighted by Gasteiger charge is 2.42. The van der Waals surface area contributed by atoms with Crippen molar-refractivity contribution in [3.63, 3.8) is 0 Å². The van der Waals surface area contributed by atoms with E-state index < -0.39 is 0 Å². The Hall–Kier alpha value is -1.62. The smallest absolute Gasteiger partial charge is 0.317 e. The number of carbonyl (C=O) groups is 1. The van der Waals surface area contributed by atoms with Crippen LogP contribution in [0.3, 0.4) is 0 Å². The summed E-state index contributed by atoms with van der Waals surface area (Å²) in [6.07, 6.45) is 4.05. The molecule has 2 saturated heterocycles. The molecule has 0 saturated carbocycles. The van der Waals surface area contributed by atoms with Gasteiger partial charge in [0.15, 0.2) is 0 Å². The molecule has 2 aromatic rings. The monoisotopic (exact) mass is 607 g/mol. The first-order chi connectivity index (χ1) is 17.0. The number of quaternary nitrogens is 1. The number of fused-ring (bicyclic) bond motifs is 2. The van der Waals surface area contributed by atoms with Crippen LogP contribution < -0.4 is 29.3 Å². The van der Waals surface area contributed by atoms with Gasteiger partial charge in [-0.1, -0.05) is 18.2 Å². The lowest BCUT2D eigenvalue weighted by atomic mass is 9.73. The average molecular weight is 608 g/mol. The number of H-pyrrole nitrogens is 1. The first kappa shape index (κ1) is 27.4. The number of benzene rings is 1. The van der Waals surface area contributed by atoms with Crippen LogP contribution in [0.4, 0.5) is 4.79 Å². The number of likely N-dealkylation sites (tertiary alicyclic amines) is 1. The molecule has 1 aliphatic carbocycles. The Morgan fingerprint density at radius 1 is 1.31 bits per heavy atom. The highest BCUT2D eigenvalue weighted by atomic mass is 127. The number of piperidine rings is 1. The fourth-order valence-corrected chi connectivity index (χ4v) is 6.68. The summed E-state index contributed by atoms with van der Waals surface area (Å²) >= 11 is 0. The van der Waals surface area contributed by atoms with Crippen molar-refractivity contribution in [2.45, 2.75) is 51.2 Å². The summed E-state index contributed by atoms with van der Waals surface area (Å²) in [4.78, 5) is 21.1. The molecular formula is C28H42IN5O2. The van der Waals surface area contributed by atoms with Gasteiger partial charge in [-0.15, -0.1) is 6.58 Å². The minimum absolute atomic E-state index is 0. The second-order valence-corrected chi connectivity index (χ2v) is 10.9. The maximum absolute atomic E-state index is 12.9. The number of hydrogen-bond donors (Lipinski definition) is 2. The van der Waals surface area contributed by atoms with Gasteiger partial charge in [-0.2, -0.15) is 0 Å². The lowest BCUT2D eigenvalue weighted by Gasteiger charge is -2.47. The molecule has 36 heavy (non-hydrogen) atoms. The van der Waals surface area contributed by atoms with Crippen LogP contribution >= 0.6 is 0 Å². The van der Waals surface area contributed by atoms with Gasteiger partial charge in [0.2, 0.25) is 0 Å². The van der Waals surface area contributed by atoms with Gasteiger partial charge in [0, 0.05) is 55.1 Å². The van der Waals surface area contributed by atoms with Gasteiger partial charge in [0.25, 0.3) is 0 Å². The van der Waals surface area contributed by atoms with Crippen molar-refractivity contribution in [1.29, 1.82) is 0 Å². The SMILES string of the molecule is C=CCN1C[C@@H](NC(=O)N(CC)CC)C[C@@H]2c3cccc4[nH]c(C[N+]5(C)CCOCC5)c(c34)C[C@H]21.[I-]. The Morgan fingerprint density at radius 3 is 2.75 bits per heavy atom. The molecule has 7 nitrogen and oxygen atoms in total. The predicted octanol–water partition coefficient (Wildman–Crippen LogP) is 0.469. The third kappa shape index (κ3) is 5.19. The molecule has 5 rings (SSSR count). The number of amides is 2. The first-order valence-electron chi connectivity index (χ1n) is 13.4. The normalized spacial score (nSPS) is 25.0. The number of likely N-dealkylation sites (N-methyl/N-ethyl adjacent to an activating group) is 1. The molecule has 3 aliphatic rings. The Balaban J connectivity index is 0.00000304. The minimum Gasteiger partial charge on any atom is -1.00 e. The van der Waals surface area contributed by atoms with Crippen LogP contribution in [-0.2, 0) is 17.7 Å². The highest BCUT2D eigenvalue weighted by molar-refractivity contribution is 5.89. The van der Waals surface area contributed by atoms with Crippen LogP contribution in [0.5, 0.6) is 0 Å². The Kier molecular flexibility index (Phi) is 8.69. The Bertz CT molecular complexity index is 1080. The van der Waals surface area contributed by atoms with Gasteiger partial charge < -0.3 is 48.4 Å². The highest BCUT2D eigenvalue weighted by Crippen LogP contribution is 2.45. The van der Waals surface area contributed by atoms with E-state index in [0.29, 0.717) is 12.0 Å². The van der Waals surface area contributed by atoms with Crippen LogP contribution in [0.1, 0.15) is 43.0 Å². The number of aromatic nitrogens is 1. The van der Waals surface area contributed by atoms with Gasteiger partial charge >= 0.3 is 6.03 Å². The molecule has 1 aromatic carbocycles. The van der Waals surface area contributed by atoms with E-state index in [1.807, 2.05) is 24.8 Å². The van der Waals surface area contributed by atoms with E-state index in [-0.39, 0.29) is 36.0 Å². The number of morpholine rings is 1. The van der Waals surface area contributed by atoms with Crippen LogP contribution in [-0.4, -0.2) is 96.9 Å². The van der Waals surface area contributed by atoms with Gasteiger partial charge in [-0.3, -0.25) is 4.90 Å². The van der Waals surface area contributed by atoms with Crippen molar-refractivity contribution in [2.75, 3.05) is 59.5 Å². The molecule has 3 atom stereocenters. The van der Waals surface area contributed by atoms with Crippen molar-refractivity contribution in [3.05, 3.63) is 47.7 Å². The molecule has 2 fully saturated rings. The van der Waals surface area contributed by atoms with E-state index in [0.717, 1.165) is 76.4 Å². The zero-order valence-corrected chi connectivity index (χ0v) is 24.2. The average Bonchev–Trinajstić information content (AvgIpc) is 3.18. The molecule has 0 spiro atoms. The largest absolute Gasteiger partial charge is 1.00 e. The summed E-state index contributed by atoms with van der Waals surface area (Å²) < 4.78 is 6.68. The van der Waals surface area contributed by atoms with Crippen molar-refractivity contribution in [2.24, 2.45) is 0 Å². The lowest BCUT2D eigenvalue weighted by molar-refractivity contribution is -0.929. The van der Waals surface area contributed by atoms with E-state index in [4.69, 9.17) is 4.74 Å². The Labute approximate surface area is 232 Å². The molecule has 1 aromatic heterocycles. The number of rotatable bonds is 7.